The van der Waals surface area contributed by atoms with Gasteiger partial charge in [-0.2, -0.15) is 30.2 Å². The number of nitrogens with zero attached hydrogens (tertiary/aromatic N) is 2. The Kier molecular flexibility index (Phi) is 6.49. The molecule has 2 aromatic rings. The second-order valence-electron chi connectivity index (χ2n) is 7.11. The molecule has 10 heteroatoms. The predicted octanol–water partition coefficient (Wildman–Crippen LogP) is 2.71. The molecule has 0 radical (unpaired) electrons. The number of alkyl halides is 3. The van der Waals surface area contributed by atoms with Gasteiger partial charge in [-0.1, -0.05) is 36.4 Å². The Bertz CT molecular complexity index is 1010. The van der Waals surface area contributed by atoms with E-state index in [1.54, 1.807) is 5.32 Å². The van der Waals surface area contributed by atoms with Crippen molar-refractivity contribution >= 4 is 16.1 Å². The first-order valence-corrected chi connectivity index (χ1v) is 10.7. The zero-order valence-corrected chi connectivity index (χ0v) is 17.1. The molecule has 0 saturated heterocycles. The molecule has 0 unspecified atom stereocenters. The largest absolute Gasteiger partial charge is 0.405 e. The van der Waals surface area contributed by atoms with Crippen LogP contribution in [0.2, 0.25) is 0 Å². The van der Waals surface area contributed by atoms with Crippen molar-refractivity contribution in [3.63, 3.8) is 0 Å². The van der Waals surface area contributed by atoms with Crippen LogP contribution in [0.1, 0.15) is 27.0 Å². The van der Waals surface area contributed by atoms with E-state index in [1.165, 1.54) is 39.9 Å². The van der Waals surface area contributed by atoms with E-state index in [1.807, 2.05) is 24.3 Å². The molecule has 3 rings (SSSR count). The number of carbonyl (C=O) groups is 1. The molecule has 0 bridgehead atoms. The Morgan fingerprint density at radius 2 is 1.73 bits per heavy atom. The van der Waals surface area contributed by atoms with Crippen LogP contribution in [-0.4, -0.2) is 49.2 Å². The maximum Gasteiger partial charge on any atom is 0.405 e. The number of hydrogen-bond acceptors (Lipinski definition) is 3. The van der Waals surface area contributed by atoms with Crippen LogP contribution in [0.4, 0.5) is 13.2 Å². The molecular formula is C20H22F3N3O3S. The van der Waals surface area contributed by atoms with Gasteiger partial charge in [0.1, 0.15) is 6.54 Å². The van der Waals surface area contributed by atoms with Gasteiger partial charge in [0.05, 0.1) is 0 Å². The van der Waals surface area contributed by atoms with Crippen molar-refractivity contribution in [1.29, 1.82) is 0 Å². The zero-order valence-electron chi connectivity index (χ0n) is 16.3. The summed E-state index contributed by atoms with van der Waals surface area (Å²) in [6.45, 7) is -0.637. The molecule has 1 amide bonds. The first kappa shape index (κ1) is 22.3. The maximum absolute atomic E-state index is 12.9. The van der Waals surface area contributed by atoms with Crippen LogP contribution >= 0.6 is 0 Å². The summed E-state index contributed by atoms with van der Waals surface area (Å²) in [4.78, 5) is 11.8. The molecule has 0 fully saturated rings. The molecule has 0 saturated carbocycles. The maximum atomic E-state index is 12.9. The third-order valence-electron chi connectivity index (χ3n) is 4.89. The number of fused-ring (bicyclic) bond motifs is 1. The lowest BCUT2D eigenvalue weighted by molar-refractivity contribution is -0.123. The normalized spacial score (nSPS) is 15.1. The fraction of sp³-hybridized carbons (Fsp3) is 0.350. The Hall–Kier alpha value is -2.43. The summed E-state index contributed by atoms with van der Waals surface area (Å²) in [7, 11) is -2.22. The third-order valence-corrected chi connectivity index (χ3v) is 6.77. The molecule has 1 N–H and O–H groups in total. The number of rotatable bonds is 6. The number of carbonyl (C=O) groups excluding carboxylic acids is 1. The molecule has 1 aliphatic rings. The topological polar surface area (TPSA) is 69.7 Å². The lowest BCUT2D eigenvalue weighted by Crippen LogP contribution is -2.43. The summed E-state index contributed by atoms with van der Waals surface area (Å²) in [5.74, 6) is -0.841. The average Bonchev–Trinajstić information content (AvgIpc) is 2.71. The van der Waals surface area contributed by atoms with Gasteiger partial charge < -0.3 is 5.32 Å². The minimum Gasteiger partial charge on any atom is -0.343 e. The van der Waals surface area contributed by atoms with E-state index in [0.717, 1.165) is 11.1 Å². The summed E-state index contributed by atoms with van der Waals surface area (Å²) >= 11 is 0. The van der Waals surface area contributed by atoms with Crippen molar-refractivity contribution in [2.45, 2.75) is 25.7 Å². The van der Waals surface area contributed by atoms with Crippen molar-refractivity contribution in [3.05, 3.63) is 70.8 Å². The van der Waals surface area contributed by atoms with Gasteiger partial charge in [-0.25, -0.2) is 0 Å². The van der Waals surface area contributed by atoms with E-state index < -0.39 is 28.8 Å². The first-order chi connectivity index (χ1) is 14.1. The van der Waals surface area contributed by atoms with Crippen LogP contribution < -0.4 is 5.32 Å². The van der Waals surface area contributed by atoms with Gasteiger partial charge >= 0.3 is 6.18 Å². The average molecular weight is 441 g/mol. The Morgan fingerprint density at radius 3 is 2.37 bits per heavy atom. The highest BCUT2D eigenvalue weighted by molar-refractivity contribution is 7.86. The van der Waals surface area contributed by atoms with Crippen molar-refractivity contribution in [3.8, 4) is 0 Å². The highest BCUT2D eigenvalue weighted by Crippen LogP contribution is 2.23. The van der Waals surface area contributed by atoms with Crippen LogP contribution in [0.5, 0.6) is 0 Å². The van der Waals surface area contributed by atoms with E-state index in [9.17, 15) is 26.4 Å². The van der Waals surface area contributed by atoms with Crippen molar-refractivity contribution in [2.75, 3.05) is 20.1 Å². The Balaban J connectivity index is 1.62. The monoisotopic (exact) mass is 441 g/mol. The van der Waals surface area contributed by atoms with Crippen LogP contribution in [0.3, 0.4) is 0 Å². The summed E-state index contributed by atoms with van der Waals surface area (Å²) in [5, 5.41) is 1.80. The summed E-state index contributed by atoms with van der Waals surface area (Å²) < 4.78 is 65.1. The second-order valence-corrected chi connectivity index (χ2v) is 9.15. The molecule has 0 aliphatic carbocycles. The molecule has 0 atom stereocenters. The van der Waals surface area contributed by atoms with Crippen LogP contribution in [0.15, 0.2) is 48.5 Å². The summed E-state index contributed by atoms with van der Waals surface area (Å²) in [6, 6.07) is 13.5. The number of benzene rings is 2. The van der Waals surface area contributed by atoms with Crippen molar-refractivity contribution in [1.82, 2.24) is 13.9 Å². The van der Waals surface area contributed by atoms with Crippen molar-refractivity contribution < 1.29 is 26.4 Å². The number of nitrogens with one attached hydrogen (secondary N) is 1. The number of halogens is 3. The van der Waals surface area contributed by atoms with Crippen molar-refractivity contribution in [2.24, 2.45) is 0 Å². The van der Waals surface area contributed by atoms with E-state index in [-0.39, 0.29) is 12.1 Å². The van der Waals surface area contributed by atoms with E-state index in [0.29, 0.717) is 25.1 Å². The van der Waals surface area contributed by atoms with Gasteiger partial charge in [0, 0.05) is 32.2 Å². The van der Waals surface area contributed by atoms with E-state index in [2.05, 4.69) is 0 Å². The summed E-state index contributed by atoms with van der Waals surface area (Å²) in [5.41, 5.74) is 2.81. The van der Waals surface area contributed by atoms with Gasteiger partial charge in [-0.15, -0.1) is 0 Å². The molecule has 1 aliphatic heterocycles. The fourth-order valence-corrected chi connectivity index (χ4v) is 4.58. The second kappa shape index (κ2) is 8.75. The molecule has 2 aromatic carbocycles. The van der Waals surface area contributed by atoms with Crippen LogP contribution in [0.25, 0.3) is 0 Å². The van der Waals surface area contributed by atoms with Crippen LogP contribution in [-0.2, 0) is 29.7 Å². The Labute approximate surface area is 173 Å². The standard InChI is InChI=1S/C20H22F3N3O3S/c1-25(30(28,29)26-11-10-16-4-2-3-5-18(16)13-26)12-15-6-8-17(9-7-15)19(27)24-14-20(21,22)23/h2-9H,10-14H2,1H3,(H,24,27). The molecule has 162 valence electrons. The smallest absolute Gasteiger partial charge is 0.343 e. The highest BCUT2D eigenvalue weighted by Gasteiger charge is 2.30. The van der Waals surface area contributed by atoms with E-state index in [4.69, 9.17) is 0 Å². The molecule has 0 aromatic heterocycles. The minimum absolute atomic E-state index is 0.0705. The predicted molar refractivity (Wildman–Crippen MR) is 106 cm³/mol. The SMILES string of the molecule is CN(Cc1ccc(C(=O)NCC(F)(F)F)cc1)S(=O)(=O)N1CCc2ccccc2C1. The Morgan fingerprint density at radius 1 is 1.10 bits per heavy atom. The highest BCUT2D eigenvalue weighted by atomic mass is 32.2. The quantitative estimate of drug-likeness (QED) is 0.750. The third kappa shape index (κ3) is 5.38. The lowest BCUT2D eigenvalue weighted by atomic mass is 10.0. The zero-order chi connectivity index (χ0) is 21.9. The van der Waals surface area contributed by atoms with Gasteiger partial charge in [0.15, 0.2) is 0 Å². The van der Waals surface area contributed by atoms with Gasteiger partial charge in [-0.3, -0.25) is 4.79 Å². The fourth-order valence-electron chi connectivity index (χ4n) is 3.25. The molecule has 0 spiro atoms. The van der Waals surface area contributed by atoms with Crippen LogP contribution in [0, 0.1) is 0 Å². The summed E-state index contributed by atoms with van der Waals surface area (Å²) in [6.07, 6.45) is -3.84. The van der Waals surface area contributed by atoms with E-state index >= 15 is 0 Å². The number of hydrogen-bond donors (Lipinski definition) is 1. The minimum atomic E-state index is -4.48. The lowest BCUT2D eigenvalue weighted by Gasteiger charge is -2.31. The molecule has 6 nitrogen and oxygen atoms in total. The van der Waals surface area contributed by atoms with Gasteiger partial charge in [0.25, 0.3) is 16.1 Å². The molecule has 30 heavy (non-hydrogen) atoms. The molecular weight excluding hydrogens is 419 g/mol. The molecule has 1 heterocycles. The van der Waals surface area contributed by atoms with Gasteiger partial charge in [-0.05, 0) is 35.2 Å². The number of amides is 1. The van der Waals surface area contributed by atoms with Gasteiger partial charge in [0.2, 0.25) is 0 Å². The first-order valence-electron chi connectivity index (χ1n) is 9.28.